The number of phenolic OH excluding ortho intramolecular Hbond substituents is 2. The molecule has 0 saturated carbocycles. The van der Waals surface area contributed by atoms with Gasteiger partial charge in [0.05, 0.1) is 28.0 Å². The van der Waals surface area contributed by atoms with Crippen molar-refractivity contribution in [3.05, 3.63) is 96.6 Å². The lowest BCUT2D eigenvalue weighted by molar-refractivity contribution is 0.0697. The number of azo groups is 3. The van der Waals surface area contributed by atoms with Crippen LogP contribution in [0.2, 0.25) is 0 Å². The first-order valence-electron chi connectivity index (χ1n) is 15.2. The molecule has 6 aromatic carbocycles. The number of aromatic carboxylic acids is 1. The van der Waals surface area contributed by atoms with Gasteiger partial charge < -0.3 is 21.1 Å². The molecule has 0 aliphatic carbocycles. The molecule has 0 aliphatic heterocycles. The third kappa shape index (κ3) is 7.74. The van der Waals surface area contributed by atoms with Crippen LogP contribution in [0.15, 0.2) is 136 Å². The van der Waals surface area contributed by atoms with Crippen molar-refractivity contribution < 1.29 is 59.0 Å². The zero-order chi connectivity index (χ0) is 40.7. The number of nitrogens with two attached hydrogens (primary N) is 1. The van der Waals surface area contributed by atoms with Crippen LogP contribution in [-0.4, -0.2) is 60.2 Å². The topological polar surface area (TPSA) is 341 Å². The first-order chi connectivity index (χ1) is 26.3. The van der Waals surface area contributed by atoms with Crippen LogP contribution in [0.3, 0.4) is 0 Å². The van der Waals surface area contributed by atoms with Gasteiger partial charge in [0.1, 0.15) is 37.4 Å². The Morgan fingerprint density at radius 2 is 1.09 bits per heavy atom. The molecule has 8 N–H and O–H groups in total. The van der Waals surface area contributed by atoms with Crippen molar-refractivity contribution in [1.29, 1.82) is 0 Å². The van der Waals surface area contributed by atoms with Crippen molar-refractivity contribution in [2.45, 2.75) is 14.7 Å². The maximum atomic E-state index is 12.5. The summed E-state index contributed by atoms with van der Waals surface area (Å²) in [6, 6.07) is 19.0. The van der Waals surface area contributed by atoms with E-state index in [9.17, 15) is 59.0 Å². The van der Waals surface area contributed by atoms with Gasteiger partial charge in [-0.25, -0.2) is 4.79 Å². The molecule has 6 aromatic rings. The van der Waals surface area contributed by atoms with E-state index >= 15 is 0 Å². The Morgan fingerprint density at radius 3 is 1.71 bits per heavy atom. The molecule has 20 nitrogen and oxygen atoms in total. The largest absolute Gasteiger partial charge is 0.505 e. The van der Waals surface area contributed by atoms with Crippen LogP contribution in [-0.2, 0) is 30.4 Å². The van der Waals surface area contributed by atoms with Gasteiger partial charge in [0.2, 0.25) is 0 Å². The minimum absolute atomic E-state index is 0.0104. The highest BCUT2D eigenvalue weighted by Gasteiger charge is 2.29. The first kappa shape index (κ1) is 38.9. The van der Waals surface area contributed by atoms with Gasteiger partial charge in [0, 0.05) is 10.8 Å². The van der Waals surface area contributed by atoms with Crippen LogP contribution < -0.4 is 5.73 Å². The van der Waals surface area contributed by atoms with Gasteiger partial charge in [-0.3, -0.25) is 13.7 Å². The highest BCUT2D eigenvalue weighted by atomic mass is 32.2. The molecule has 0 fully saturated rings. The summed E-state index contributed by atoms with van der Waals surface area (Å²) in [6.45, 7) is 0. The molecule has 0 atom stereocenters. The van der Waals surface area contributed by atoms with Crippen LogP contribution in [0.1, 0.15) is 10.4 Å². The number of benzene rings is 6. The number of aromatic hydroxyl groups is 2. The summed E-state index contributed by atoms with van der Waals surface area (Å²) in [6.07, 6.45) is 0. The standard InChI is InChI=1S/C33H23N7O13S3/c34-28-23(38-37-22-9-5-4-8-20(22)33(43)44)15-24(54(45,46)47)21-14-26(56(51,52)53)30(32(42)27(21)28)40-36-18-10-11-19-16(12-18)13-25(55(48,49)50)29(31(19)41)39-35-17-6-2-1-3-7-17/h1-15,41-42H,34H2,(H,43,44)(H,45,46,47)(H,48,49,50)(H,51,52,53). The smallest absolute Gasteiger partial charge is 0.337 e. The Morgan fingerprint density at radius 1 is 0.536 bits per heavy atom. The van der Waals surface area contributed by atoms with Gasteiger partial charge in [-0.1, -0.05) is 30.3 Å². The molecule has 286 valence electrons. The highest BCUT2D eigenvalue weighted by molar-refractivity contribution is 7.86. The van der Waals surface area contributed by atoms with E-state index in [4.69, 9.17) is 5.73 Å². The summed E-state index contributed by atoms with van der Waals surface area (Å²) in [5.74, 6) is -3.28. The van der Waals surface area contributed by atoms with Crippen molar-refractivity contribution in [3.63, 3.8) is 0 Å². The second-order valence-corrected chi connectivity index (χ2v) is 15.6. The summed E-state index contributed by atoms with van der Waals surface area (Å²) in [7, 11) is -15.7. The lowest BCUT2D eigenvalue weighted by atomic mass is 10.0. The molecule has 0 radical (unpaired) electrons. The van der Waals surface area contributed by atoms with Crippen LogP contribution in [0, 0.1) is 0 Å². The Kier molecular flexibility index (Phi) is 10.1. The van der Waals surface area contributed by atoms with Crippen molar-refractivity contribution >= 4 is 97.7 Å². The fourth-order valence-corrected chi connectivity index (χ4v) is 7.36. The third-order valence-corrected chi connectivity index (χ3v) is 10.5. The van der Waals surface area contributed by atoms with Gasteiger partial charge in [0.15, 0.2) is 11.5 Å². The molecule has 0 unspecified atom stereocenters. The van der Waals surface area contributed by atoms with Crippen molar-refractivity contribution in [2.24, 2.45) is 30.7 Å². The molecule has 0 saturated heterocycles. The minimum atomic E-state index is -5.36. The van der Waals surface area contributed by atoms with Crippen molar-refractivity contribution in [3.8, 4) is 11.5 Å². The number of hydrogen-bond acceptors (Lipinski definition) is 16. The van der Waals surface area contributed by atoms with Crippen LogP contribution in [0.25, 0.3) is 21.5 Å². The van der Waals surface area contributed by atoms with E-state index in [1.54, 1.807) is 30.3 Å². The van der Waals surface area contributed by atoms with Gasteiger partial charge >= 0.3 is 5.97 Å². The zero-order valence-corrected chi connectivity index (χ0v) is 30.1. The second-order valence-electron chi connectivity index (χ2n) is 11.5. The number of nitrogens with zero attached hydrogens (tertiary/aromatic N) is 6. The molecule has 0 bridgehead atoms. The maximum Gasteiger partial charge on any atom is 0.337 e. The molecule has 0 aliphatic rings. The summed E-state index contributed by atoms with van der Waals surface area (Å²) >= 11 is 0. The normalized spacial score (nSPS) is 12.8. The molecule has 56 heavy (non-hydrogen) atoms. The average Bonchev–Trinajstić information content (AvgIpc) is 3.12. The first-order valence-corrected chi connectivity index (χ1v) is 19.5. The van der Waals surface area contributed by atoms with Crippen molar-refractivity contribution in [1.82, 2.24) is 0 Å². The predicted octanol–water partition coefficient (Wildman–Crippen LogP) is 7.67. The number of nitrogen functional groups attached to an aromatic ring is 1. The Bertz CT molecular complexity index is 3070. The number of hydrogen-bond donors (Lipinski definition) is 7. The van der Waals surface area contributed by atoms with Gasteiger partial charge in [0.25, 0.3) is 30.4 Å². The van der Waals surface area contributed by atoms with E-state index in [0.717, 1.165) is 12.1 Å². The van der Waals surface area contributed by atoms with Gasteiger partial charge in [-0.2, -0.15) is 35.5 Å². The third-order valence-electron chi connectivity index (χ3n) is 7.87. The van der Waals surface area contributed by atoms with E-state index in [0.29, 0.717) is 17.8 Å². The van der Waals surface area contributed by atoms with E-state index in [1.807, 2.05) is 0 Å². The van der Waals surface area contributed by atoms with Gasteiger partial charge in [-0.05, 0) is 66.0 Å². The van der Waals surface area contributed by atoms with Crippen LogP contribution >= 0.6 is 0 Å². The van der Waals surface area contributed by atoms with E-state index in [-0.39, 0.29) is 27.7 Å². The second kappa shape index (κ2) is 14.5. The fourth-order valence-electron chi connectivity index (χ4n) is 5.35. The molecule has 6 rings (SSSR count). The molecule has 0 aromatic heterocycles. The molecular formula is C33H23N7O13S3. The lowest BCUT2D eigenvalue weighted by Gasteiger charge is -2.14. The zero-order valence-electron chi connectivity index (χ0n) is 27.7. The highest BCUT2D eigenvalue weighted by Crippen LogP contribution is 2.49. The fraction of sp³-hybridized carbons (Fsp3) is 0. The van der Waals surface area contributed by atoms with Gasteiger partial charge in [-0.15, -0.1) is 20.5 Å². The number of phenols is 2. The molecular weight excluding hydrogens is 799 g/mol. The van der Waals surface area contributed by atoms with Crippen LogP contribution in [0.4, 0.5) is 39.8 Å². The van der Waals surface area contributed by atoms with E-state index in [1.165, 1.54) is 36.4 Å². The summed E-state index contributed by atoms with van der Waals surface area (Å²) in [5.41, 5.74) is 3.11. The van der Waals surface area contributed by atoms with Crippen LogP contribution in [0.5, 0.6) is 11.5 Å². The monoisotopic (exact) mass is 821 g/mol. The Hall–Kier alpha value is -6.76. The maximum absolute atomic E-state index is 12.5. The number of anilines is 1. The quantitative estimate of drug-likeness (QED) is 0.0396. The number of fused-ring (bicyclic) bond motifs is 2. The summed E-state index contributed by atoms with van der Waals surface area (Å²) in [4.78, 5) is 8.51. The predicted molar refractivity (Wildman–Crippen MR) is 197 cm³/mol. The number of carbonyl (C=O) groups is 1. The Balaban J connectivity index is 1.53. The summed E-state index contributed by atoms with van der Waals surface area (Å²) < 4.78 is 105. The molecule has 0 heterocycles. The average molecular weight is 822 g/mol. The van der Waals surface area contributed by atoms with Crippen molar-refractivity contribution in [2.75, 3.05) is 5.73 Å². The number of carboxylic acids is 1. The lowest BCUT2D eigenvalue weighted by Crippen LogP contribution is -2.04. The molecule has 23 heteroatoms. The SMILES string of the molecule is Nc1c(N=Nc2ccccc2C(=O)O)cc(S(=O)(=O)O)c2cc(S(=O)(=O)O)c(N=Nc3ccc4c(O)c(N=Nc5ccccc5)c(S(=O)(=O)O)cc4c3)c(O)c12. The van der Waals surface area contributed by atoms with E-state index < -0.39 is 96.0 Å². The minimum Gasteiger partial charge on any atom is -0.505 e. The number of rotatable bonds is 10. The molecule has 0 spiro atoms. The number of carboxylic acid groups (broad SMARTS) is 1. The molecule has 0 amide bonds. The summed E-state index contributed by atoms with van der Waals surface area (Å²) in [5, 5.41) is 53.3. The Labute approximate surface area is 314 Å². The van der Waals surface area contributed by atoms with E-state index in [2.05, 4.69) is 30.7 Å².